The van der Waals surface area contributed by atoms with Crippen LogP contribution in [0.4, 0.5) is 0 Å². The van der Waals surface area contributed by atoms with Crippen molar-refractivity contribution in [1.29, 1.82) is 0 Å². The molecule has 122 valence electrons. The van der Waals surface area contributed by atoms with Crippen molar-refractivity contribution in [2.45, 2.75) is 6.04 Å². The van der Waals surface area contributed by atoms with E-state index in [1.54, 1.807) is 6.08 Å². The van der Waals surface area contributed by atoms with E-state index in [0.29, 0.717) is 11.1 Å². The largest absolute Gasteiger partial charge is 0.345 e. The van der Waals surface area contributed by atoms with Crippen molar-refractivity contribution in [2.75, 3.05) is 0 Å². The van der Waals surface area contributed by atoms with Crippen molar-refractivity contribution < 1.29 is 9.59 Å². The van der Waals surface area contributed by atoms with Gasteiger partial charge in [0.05, 0.1) is 6.04 Å². The number of allylic oxidation sites excluding steroid dienone is 2. The molecule has 1 aliphatic carbocycles. The molecule has 25 heavy (non-hydrogen) atoms. The monoisotopic (exact) mass is 327 g/mol. The maximum Gasteiger partial charge on any atom is 0.244 e. The van der Waals surface area contributed by atoms with Gasteiger partial charge in [-0.15, -0.1) is 0 Å². The summed E-state index contributed by atoms with van der Waals surface area (Å²) < 4.78 is 0. The second-order valence-corrected chi connectivity index (χ2v) is 6.20. The minimum absolute atomic E-state index is 0.000360. The number of hydrogen-bond donors (Lipinski definition) is 1. The van der Waals surface area contributed by atoms with Crippen molar-refractivity contribution in [1.82, 2.24) is 5.32 Å². The van der Waals surface area contributed by atoms with E-state index < -0.39 is 0 Å². The molecule has 3 nitrogen and oxygen atoms in total. The molecule has 4 rings (SSSR count). The smallest absolute Gasteiger partial charge is 0.244 e. The lowest BCUT2D eigenvalue weighted by molar-refractivity contribution is -0.117. The van der Waals surface area contributed by atoms with Crippen LogP contribution >= 0.6 is 0 Å². The van der Waals surface area contributed by atoms with Gasteiger partial charge in [0.25, 0.3) is 0 Å². The van der Waals surface area contributed by atoms with Crippen LogP contribution in [0, 0.1) is 5.92 Å². The van der Waals surface area contributed by atoms with Crippen molar-refractivity contribution >= 4 is 17.3 Å². The first-order valence-corrected chi connectivity index (χ1v) is 8.29. The molecule has 1 aliphatic heterocycles. The molecule has 1 amide bonds. The Hall–Kier alpha value is -3.20. The number of carbonyl (C=O) groups is 2. The fourth-order valence-corrected chi connectivity index (χ4v) is 3.36. The van der Waals surface area contributed by atoms with Crippen molar-refractivity contribution in [2.24, 2.45) is 5.92 Å². The lowest BCUT2D eigenvalue weighted by Crippen LogP contribution is -2.43. The summed E-state index contributed by atoms with van der Waals surface area (Å²) in [6, 6.07) is 19.0. The summed E-state index contributed by atoms with van der Waals surface area (Å²) in [5.41, 5.74) is 3.27. The molecule has 0 bridgehead atoms. The molecule has 2 aromatic carbocycles. The average Bonchev–Trinajstić information content (AvgIpc) is 2.68. The SMILES string of the molecule is O=C1C=C(c2ccccc2)C2C=C(C(=O)c3ccccc3)C=CC2N1. The molecule has 2 aliphatic rings. The predicted octanol–water partition coefficient (Wildman–Crippen LogP) is 3.56. The normalized spacial score (nSPS) is 21.7. The van der Waals surface area contributed by atoms with E-state index in [0.717, 1.165) is 11.1 Å². The van der Waals surface area contributed by atoms with E-state index in [2.05, 4.69) is 5.32 Å². The molecule has 0 spiro atoms. The number of benzene rings is 2. The number of hydrogen-bond acceptors (Lipinski definition) is 2. The number of Topliss-reactive ketones (excluding diaryl/α,β-unsaturated/α-hetero) is 1. The quantitative estimate of drug-likeness (QED) is 0.876. The van der Waals surface area contributed by atoms with Crippen molar-refractivity contribution in [3.05, 3.63) is 102 Å². The summed E-state index contributed by atoms with van der Waals surface area (Å²) in [6.45, 7) is 0. The second-order valence-electron chi connectivity index (χ2n) is 6.20. The third-order valence-electron chi connectivity index (χ3n) is 4.59. The van der Waals surface area contributed by atoms with Gasteiger partial charge in [0.15, 0.2) is 5.78 Å². The van der Waals surface area contributed by atoms with Crippen LogP contribution in [0.15, 0.2) is 90.5 Å². The van der Waals surface area contributed by atoms with E-state index in [1.165, 1.54) is 0 Å². The molecule has 0 saturated heterocycles. The Morgan fingerprint density at radius 2 is 1.60 bits per heavy atom. The summed E-state index contributed by atoms with van der Waals surface area (Å²) in [5, 5.41) is 2.96. The first-order valence-electron chi connectivity index (χ1n) is 8.29. The van der Waals surface area contributed by atoms with Gasteiger partial charge in [-0.2, -0.15) is 0 Å². The summed E-state index contributed by atoms with van der Waals surface area (Å²) in [4.78, 5) is 24.8. The highest BCUT2D eigenvalue weighted by Crippen LogP contribution is 2.34. The molecule has 1 N–H and O–H groups in total. The Balaban J connectivity index is 1.73. The first-order chi connectivity index (χ1) is 12.2. The molecule has 0 saturated carbocycles. The Kier molecular flexibility index (Phi) is 3.90. The van der Waals surface area contributed by atoms with Crippen LogP contribution in [-0.2, 0) is 4.79 Å². The van der Waals surface area contributed by atoms with Crippen LogP contribution < -0.4 is 5.32 Å². The number of ketones is 1. The Labute approximate surface area is 146 Å². The molecular weight excluding hydrogens is 310 g/mol. The third-order valence-corrected chi connectivity index (χ3v) is 4.59. The lowest BCUT2D eigenvalue weighted by atomic mass is 9.79. The number of rotatable bonds is 3. The molecule has 0 radical (unpaired) electrons. The maximum atomic E-state index is 12.8. The minimum Gasteiger partial charge on any atom is -0.345 e. The van der Waals surface area contributed by atoms with E-state index in [1.807, 2.05) is 78.9 Å². The maximum absolute atomic E-state index is 12.8. The summed E-state index contributed by atoms with van der Waals surface area (Å²) in [6.07, 6.45) is 7.33. The molecule has 3 heteroatoms. The predicted molar refractivity (Wildman–Crippen MR) is 97.8 cm³/mol. The zero-order chi connectivity index (χ0) is 17.2. The average molecular weight is 327 g/mol. The van der Waals surface area contributed by atoms with Gasteiger partial charge in [0.2, 0.25) is 5.91 Å². The van der Waals surface area contributed by atoms with Gasteiger partial charge in [-0.25, -0.2) is 0 Å². The van der Waals surface area contributed by atoms with Crippen LogP contribution in [0.2, 0.25) is 0 Å². The van der Waals surface area contributed by atoms with Crippen molar-refractivity contribution in [3.63, 3.8) is 0 Å². The number of carbonyl (C=O) groups excluding carboxylic acids is 2. The summed E-state index contributed by atoms with van der Waals surface area (Å²) in [7, 11) is 0. The highest BCUT2D eigenvalue weighted by atomic mass is 16.1. The number of amides is 1. The summed E-state index contributed by atoms with van der Waals surface area (Å²) >= 11 is 0. The van der Waals surface area contributed by atoms with E-state index >= 15 is 0 Å². The third kappa shape index (κ3) is 2.96. The van der Waals surface area contributed by atoms with Crippen LogP contribution in [0.3, 0.4) is 0 Å². The fraction of sp³-hybridized carbons (Fsp3) is 0.0909. The fourth-order valence-electron chi connectivity index (χ4n) is 3.36. The molecule has 2 aromatic rings. The van der Waals surface area contributed by atoms with Gasteiger partial charge in [0.1, 0.15) is 0 Å². The molecule has 2 unspecified atom stereocenters. The Morgan fingerprint density at radius 1 is 0.920 bits per heavy atom. The van der Waals surface area contributed by atoms with E-state index in [9.17, 15) is 9.59 Å². The molecule has 1 heterocycles. The first kappa shape index (κ1) is 15.3. The van der Waals surface area contributed by atoms with Gasteiger partial charge in [-0.05, 0) is 11.1 Å². The van der Waals surface area contributed by atoms with Gasteiger partial charge >= 0.3 is 0 Å². The lowest BCUT2D eigenvalue weighted by Gasteiger charge is -2.32. The topological polar surface area (TPSA) is 46.2 Å². The zero-order valence-corrected chi connectivity index (χ0v) is 13.6. The van der Waals surface area contributed by atoms with Crippen molar-refractivity contribution in [3.8, 4) is 0 Å². The minimum atomic E-state index is -0.125. The Morgan fingerprint density at radius 3 is 2.32 bits per heavy atom. The van der Waals surface area contributed by atoms with Crippen LogP contribution in [-0.4, -0.2) is 17.7 Å². The van der Waals surface area contributed by atoms with Gasteiger partial charge in [0, 0.05) is 23.1 Å². The standard InChI is InChI=1S/C22H17NO2/c24-21-14-18(15-7-3-1-4-8-15)19-13-17(11-12-20(19)23-21)22(25)16-9-5-2-6-10-16/h1-14,19-20H,(H,23,24). The van der Waals surface area contributed by atoms with Crippen LogP contribution in [0.5, 0.6) is 0 Å². The van der Waals surface area contributed by atoms with E-state index in [-0.39, 0.29) is 23.7 Å². The van der Waals surface area contributed by atoms with Gasteiger partial charge in [-0.1, -0.05) is 78.9 Å². The van der Waals surface area contributed by atoms with Gasteiger partial charge < -0.3 is 5.32 Å². The number of nitrogens with one attached hydrogen (secondary N) is 1. The Bertz CT molecular complexity index is 908. The molecule has 2 atom stereocenters. The van der Waals surface area contributed by atoms with Gasteiger partial charge in [-0.3, -0.25) is 9.59 Å². The zero-order valence-electron chi connectivity index (χ0n) is 13.6. The number of fused-ring (bicyclic) bond motifs is 1. The molecule has 0 fully saturated rings. The highest BCUT2D eigenvalue weighted by Gasteiger charge is 2.31. The van der Waals surface area contributed by atoms with Crippen LogP contribution in [0.1, 0.15) is 15.9 Å². The molecular formula is C22H17NO2. The van der Waals surface area contributed by atoms with E-state index in [4.69, 9.17) is 0 Å². The second kappa shape index (κ2) is 6.36. The summed E-state index contributed by atoms with van der Waals surface area (Å²) in [5.74, 6) is -0.150. The highest BCUT2D eigenvalue weighted by molar-refractivity contribution is 6.11. The molecule has 0 aromatic heterocycles. The van der Waals surface area contributed by atoms with Crippen LogP contribution in [0.25, 0.3) is 5.57 Å².